The van der Waals surface area contributed by atoms with E-state index in [2.05, 4.69) is 5.32 Å². The van der Waals surface area contributed by atoms with Crippen molar-refractivity contribution < 1.29 is 14.6 Å². The number of nitrogens with one attached hydrogen (secondary N) is 1. The van der Waals surface area contributed by atoms with Crippen molar-refractivity contribution in [2.45, 2.75) is 12.5 Å². The van der Waals surface area contributed by atoms with Gasteiger partial charge in [-0.25, -0.2) is 0 Å². The van der Waals surface area contributed by atoms with Gasteiger partial charge in [0.2, 0.25) is 5.91 Å². The summed E-state index contributed by atoms with van der Waals surface area (Å²) < 4.78 is 5.01. The highest BCUT2D eigenvalue weighted by atomic mass is 16.5. The number of hydrogen-bond acceptors (Lipinski definition) is 4. The Hall–Kier alpha value is -0.910. The maximum atomic E-state index is 11.5. The quantitative estimate of drug-likeness (QED) is 0.392. The molecule has 0 saturated carbocycles. The molecule has 1 amide bonds. The number of carbonyl (C=O) groups excluding carboxylic acids is 1. The van der Waals surface area contributed by atoms with Gasteiger partial charge in [0.1, 0.15) is 0 Å². The number of amides is 1. The lowest BCUT2D eigenvalue weighted by Crippen LogP contribution is -2.33. The van der Waals surface area contributed by atoms with E-state index in [1.807, 2.05) is 12.2 Å². The van der Waals surface area contributed by atoms with Gasteiger partial charge in [-0.2, -0.15) is 0 Å². The number of aliphatic hydroxyl groups is 1. The van der Waals surface area contributed by atoms with Crippen LogP contribution in [0.1, 0.15) is 6.42 Å². The molecule has 5 nitrogen and oxygen atoms in total. The first kappa shape index (κ1) is 12.2. The van der Waals surface area contributed by atoms with Crippen molar-refractivity contribution in [2.24, 2.45) is 11.7 Å². The summed E-state index contributed by atoms with van der Waals surface area (Å²) in [5.41, 5.74) is 5.64. The van der Waals surface area contributed by atoms with E-state index in [0.717, 1.165) is 0 Å². The number of ether oxygens (including phenoxy) is 1. The fourth-order valence-corrected chi connectivity index (χ4v) is 1.47. The van der Waals surface area contributed by atoms with Crippen molar-refractivity contribution in [3.05, 3.63) is 12.2 Å². The minimum atomic E-state index is -0.0992. The highest BCUT2D eigenvalue weighted by Crippen LogP contribution is 2.15. The molecule has 0 fully saturated rings. The molecule has 4 N–H and O–H groups in total. The average Bonchev–Trinajstić information content (AvgIpc) is 2.64. The number of nitrogens with two attached hydrogens (primary N) is 1. The average molecular weight is 214 g/mol. The Balaban J connectivity index is 2.06. The monoisotopic (exact) mass is 214 g/mol. The van der Waals surface area contributed by atoms with E-state index in [1.54, 1.807) is 0 Å². The van der Waals surface area contributed by atoms with Gasteiger partial charge in [-0.15, -0.1) is 0 Å². The molecule has 0 aromatic carbocycles. The predicted octanol–water partition coefficient (Wildman–Crippen LogP) is -0.985. The summed E-state index contributed by atoms with van der Waals surface area (Å²) in [5.74, 6) is -0.107. The maximum absolute atomic E-state index is 11.5. The fourth-order valence-electron chi connectivity index (χ4n) is 1.47. The molecule has 0 saturated heterocycles. The molecular formula is C10H18N2O3. The Labute approximate surface area is 89.3 Å². The lowest BCUT2D eigenvalue weighted by Gasteiger charge is -2.10. The summed E-state index contributed by atoms with van der Waals surface area (Å²) >= 11 is 0. The summed E-state index contributed by atoms with van der Waals surface area (Å²) in [5, 5.41) is 11.2. The zero-order chi connectivity index (χ0) is 11.1. The first-order chi connectivity index (χ1) is 7.24. The summed E-state index contributed by atoms with van der Waals surface area (Å²) in [6.45, 7) is 1.21. The van der Waals surface area contributed by atoms with Gasteiger partial charge in [-0.3, -0.25) is 4.79 Å². The zero-order valence-electron chi connectivity index (χ0n) is 8.69. The zero-order valence-corrected chi connectivity index (χ0v) is 8.69. The molecule has 0 radical (unpaired) electrons. The molecule has 0 aliphatic heterocycles. The van der Waals surface area contributed by atoms with E-state index in [-0.39, 0.29) is 24.5 Å². The second-order valence-corrected chi connectivity index (χ2v) is 3.52. The molecule has 0 aromatic heterocycles. The number of aliphatic hydroxyl groups excluding tert-OH is 1. The first-order valence-corrected chi connectivity index (χ1v) is 5.14. The third kappa shape index (κ3) is 4.42. The van der Waals surface area contributed by atoms with E-state index in [9.17, 15) is 4.79 Å². The molecule has 5 heteroatoms. The predicted molar refractivity (Wildman–Crippen MR) is 56.1 cm³/mol. The van der Waals surface area contributed by atoms with E-state index >= 15 is 0 Å². The molecule has 2 unspecified atom stereocenters. The number of hydrogen-bond donors (Lipinski definition) is 3. The fraction of sp³-hybridized carbons (Fsp3) is 0.700. The van der Waals surface area contributed by atoms with Gasteiger partial charge in [-0.05, 0) is 6.42 Å². The third-order valence-electron chi connectivity index (χ3n) is 2.23. The van der Waals surface area contributed by atoms with Crippen LogP contribution in [-0.4, -0.2) is 43.4 Å². The van der Waals surface area contributed by atoms with Crippen molar-refractivity contribution >= 4 is 5.91 Å². The Kier molecular flexibility index (Phi) is 5.31. The Bertz CT molecular complexity index is 231. The van der Waals surface area contributed by atoms with Gasteiger partial charge < -0.3 is 20.9 Å². The molecule has 0 bridgehead atoms. The largest absolute Gasteiger partial charge is 0.394 e. The van der Waals surface area contributed by atoms with E-state index < -0.39 is 0 Å². The molecular weight excluding hydrogens is 196 g/mol. The minimum Gasteiger partial charge on any atom is -0.394 e. The van der Waals surface area contributed by atoms with Gasteiger partial charge >= 0.3 is 0 Å². The molecule has 86 valence electrons. The second-order valence-electron chi connectivity index (χ2n) is 3.52. The van der Waals surface area contributed by atoms with Gasteiger partial charge in [0.25, 0.3) is 0 Å². The lowest BCUT2D eigenvalue weighted by molar-refractivity contribution is -0.123. The minimum absolute atomic E-state index is 0.00592. The van der Waals surface area contributed by atoms with Crippen molar-refractivity contribution in [3.63, 3.8) is 0 Å². The molecule has 0 heterocycles. The van der Waals surface area contributed by atoms with Crippen molar-refractivity contribution in [2.75, 3.05) is 26.4 Å². The van der Waals surface area contributed by atoms with Crippen LogP contribution in [-0.2, 0) is 9.53 Å². The van der Waals surface area contributed by atoms with Crippen molar-refractivity contribution in [1.82, 2.24) is 5.32 Å². The summed E-state index contributed by atoms with van der Waals surface area (Å²) in [4.78, 5) is 11.5. The molecule has 2 atom stereocenters. The van der Waals surface area contributed by atoms with Crippen molar-refractivity contribution in [3.8, 4) is 0 Å². The van der Waals surface area contributed by atoms with Gasteiger partial charge in [0.05, 0.1) is 25.7 Å². The topological polar surface area (TPSA) is 84.6 Å². The molecule has 1 aliphatic rings. The summed E-state index contributed by atoms with van der Waals surface area (Å²) in [7, 11) is 0. The maximum Gasteiger partial charge on any atom is 0.227 e. The van der Waals surface area contributed by atoms with Crippen LogP contribution in [0.15, 0.2) is 12.2 Å². The van der Waals surface area contributed by atoms with Crippen LogP contribution in [0.3, 0.4) is 0 Å². The van der Waals surface area contributed by atoms with E-state index in [4.69, 9.17) is 15.6 Å². The van der Waals surface area contributed by atoms with Crippen LogP contribution in [0.4, 0.5) is 0 Å². The van der Waals surface area contributed by atoms with E-state index in [1.165, 1.54) is 0 Å². The molecule has 15 heavy (non-hydrogen) atoms. The third-order valence-corrected chi connectivity index (χ3v) is 2.23. The van der Waals surface area contributed by atoms with Crippen LogP contribution < -0.4 is 11.1 Å². The number of rotatable bonds is 6. The Morgan fingerprint density at radius 1 is 1.53 bits per heavy atom. The van der Waals surface area contributed by atoms with Crippen LogP contribution in [0, 0.1) is 5.92 Å². The molecule has 1 rings (SSSR count). The Morgan fingerprint density at radius 3 is 2.93 bits per heavy atom. The number of carbonyl (C=O) groups is 1. The lowest BCUT2D eigenvalue weighted by atomic mass is 10.1. The van der Waals surface area contributed by atoms with Crippen LogP contribution >= 0.6 is 0 Å². The molecule has 0 aromatic rings. The Morgan fingerprint density at radius 2 is 2.33 bits per heavy atom. The molecule has 1 aliphatic carbocycles. The van der Waals surface area contributed by atoms with Gasteiger partial charge in [0.15, 0.2) is 0 Å². The molecule has 0 spiro atoms. The van der Waals surface area contributed by atoms with Crippen LogP contribution in [0.5, 0.6) is 0 Å². The van der Waals surface area contributed by atoms with Gasteiger partial charge in [0, 0.05) is 12.6 Å². The van der Waals surface area contributed by atoms with Crippen LogP contribution in [0.2, 0.25) is 0 Å². The smallest absolute Gasteiger partial charge is 0.227 e. The normalized spacial score (nSPS) is 24.4. The highest BCUT2D eigenvalue weighted by molar-refractivity contribution is 5.81. The van der Waals surface area contributed by atoms with E-state index in [0.29, 0.717) is 26.2 Å². The van der Waals surface area contributed by atoms with Crippen LogP contribution in [0.25, 0.3) is 0 Å². The van der Waals surface area contributed by atoms with Crippen molar-refractivity contribution in [1.29, 1.82) is 0 Å². The standard InChI is InChI=1S/C10H18N2O3/c11-9-2-1-8(7-9)10(14)12-3-5-15-6-4-13/h1-2,8-9,13H,3-7,11H2,(H,12,14). The SMILES string of the molecule is NC1C=CC(C(=O)NCCOCCO)C1. The summed E-state index contributed by atoms with van der Waals surface area (Å²) in [6.07, 6.45) is 4.38. The van der Waals surface area contributed by atoms with Gasteiger partial charge in [-0.1, -0.05) is 12.2 Å². The summed E-state index contributed by atoms with van der Waals surface area (Å²) in [6, 6.07) is 0.00592. The second kappa shape index (κ2) is 6.55. The first-order valence-electron chi connectivity index (χ1n) is 5.14. The highest BCUT2D eigenvalue weighted by Gasteiger charge is 2.21.